The van der Waals surface area contributed by atoms with Gasteiger partial charge in [0.25, 0.3) is 0 Å². The normalized spacial score (nSPS) is 11.2. The van der Waals surface area contributed by atoms with Gasteiger partial charge >= 0.3 is 0 Å². The number of pyridine rings is 1. The molecule has 0 radical (unpaired) electrons. The van der Waals surface area contributed by atoms with E-state index in [9.17, 15) is 0 Å². The molecule has 0 amide bonds. The summed E-state index contributed by atoms with van der Waals surface area (Å²) in [7, 11) is 0. The molecule has 2 heterocycles. The first-order valence-electron chi connectivity index (χ1n) is 6.58. The number of hydrogen-bond donors (Lipinski definition) is 0. The Kier molecular flexibility index (Phi) is 2.54. The summed E-state index contributed by atoms with van der Waals surface area (Å²) < 4.78 is 2.23. The van der Waals surface area contributed by atoms with E-state index in [0.29, 0.717) is 0 Å². The second-order valence-electron chi connectivity index (χ2n) is 4.89. The smallest absolute Gasteiger partial charge is 0.0534 e. The van der Waals surface area contributed by atoms with Gasteiger partial charge in [0, 0.05) is 16.8 Å². The Balaban J connectivity index is 2.14. The van der Waals surface area contributed by atoms with Gasteiger partial charge in [0.1, 0.15) is 0 Å². The van der Waals surface area contributed by atoms with Crippen LogP contribution in [0, 0.1) is 0 Å². The Bertz CT molecular complexity index is 921. The van der Waals surface area contributed by atoms with E-state index in [1.165, 1.54) is 22.0 Å². The molecule has 0 saturated carbocycles. The zero-order valence-electron chi connectivity index (χ0n) is 10.8. The van der Waals surface area contributed by atoms with Crippen molar-refractivity contribution in [2.75, 3.05) is 0 Å². The molecule has 0 spiro atoms. The van der Waals surface area contributed by atoms with Crippen LogP contribution in [-0.4, -0.2) is 4.40 Å². The lowest BCUT2D eigenvalue weighted by atomic mass is 10.0. The molecule has 2 aromatic heterocycles. The van der Waals surface area contributed by atoms with Crippen molar-refractivity contribution in [2.24, 2.45) is 0 Å². The highest BCUT2D eigenvalue weighted by Gasteiger charge is 2.08. The van der Waals surface area contributed by atoms with E-state index in [2.05, 4.69) is 59.1 Å². The SMILES string of the molecule is Clc1cccc(-c2cc3ccccc3n3cccc23)c1. The molecular weight excluding hydrogens is 266 g/mol. The number of hydrogen-bond acceptors (Lipinski definition) is 0. The van der Waals surface area contributed by atoms with Gasteiger partial charge in [0.05, 0.1) is 11.0 Å². The van der Waals surface area contributed by atoms with E-state index in [1.807, 2.05) is 18.2 Å². The second-order valence-corrected chi connectivity index (χ2v) is 5.33. The average molecular weight is 278 g/mol. The summed E-state index contributed by atoms with van der Waals surface area (Å²) in [6, 6.07) is 22.9. The minimum atomic E-state index is 0.764. The van der Waals surface area contributed by atoms with Gasteiger partial charge in [-0.3, -0.25) is 0 Å². The van der Waals surface area contributed by atoms with Gasteiger partial charge in [0.2, 0.25) is 0 Å². The lowest BCUT2D eigenvalue weighted by Gasteiger charge is -2.10. The summed E-state index contributed by atoms with van der Waals surface area (Å²) in [5, 5.41) is 1.99. The first-order valence-corrected chi connectivity index (χ1v) is 6.95. The number of rotatable bonds is 1. The molecule has 0 aliphatic rings. The fraction of sp³-hybridized carbons (Fsp3) is 0. The monoisotopic (exact) mass is 277 g/mol. The quantitative estimate of drug-likeness (QED) is 0.438. The van der Waals surface area contributed by atoms with Gasteiger partial charge in [0.15, 0.2) is 0 Å². The van der Waals surface area contributed by atoms with Gasteiger partial charge < -0.3 is 4.40 Å². The van der Waals surface area contributed by atoms with Crippen molar-refractivity contribution in [1.82, 2.24) is 4.40 Å². The number of fused-ring (bicyclic) bond motifs is 3. The van der Waals surface area contributed by atoms with Crippen molar-refractivity contribution in [3.05, 3.63) is 77.9 Å². The molecule has 0 N–H and O–H groups in total. The largest absolute Gasteiger partial charge is 0.316 e. The topological polar surface area (TPSA) is 4.41 Å². The van der Waals surface area contributed by atoms with Crippen molar-refractivity contribution in [3.8, 4) is 11.1 Å². The highest BCUT2D eigenvalue weighted by Crippen LogP contribution is 2.31. The summed E-state index contributed by atoms with van der Waals surface area (Å²) in [5.41, 5.74) is 4.77. The molecule has 2 heteroatoms. The predicted octanol–water partition coefficient (Wildman–Crippen LogP) is 5.41. The third kappa shape index (κ3) is 1.71. The molecule has 20 heavy (non-hydrogen) atoms. The van der Waals surface area contributed by atoms with Crippen molar-refractivity contribution in [1.29, 1.82) is 0 Å². The van der Waals surface area contributed by atoms with Gasteiger partial charge in [-0.25, -0.2) is 0 Å². The summed E-state index contributed by atoms with van der Waals surface area (Å²) in [4.78, 5) is 0. The van der Waals surface area contributed by atoms with Crippen LogP contribution in [0.3, 0.4) is 0 Å². The molecule has 1 nitrogen and oxygen atoms in total. The molecule has 4 rings (SSSR count). The van der Waals surface area contributed by atoms with E-state index >= 15 is 0 Å². The number of aromatic nitrogens is 1. The van der Waals surface area contributed by atoms with Crippen LogP contribution in [-0.2, 0) is 0 Å². The molecule has 0 fully saturated rings. The van der Waals surface area contributed by atoms with Crippen molar-refractivity contribution in [3.63, 3.8) is 0 Å². The second kappa shape index (κ2) is 4.39. The van der Waals surface area contributed by atoms with Crippen LogP contribution in [0.5, 0.6) is 0 Å². The molecule has 0 aliphatic heterocycles. The maximum atomic E-state index is 6.13. The molecule has 0 aliphatic carbocycles. The molecule has 0 bridgehead atoms. The van der Waals surface area contributed by atoms with Crippen LogP contribution in [0.2, 0.25) is 5.02 Å². The highest BCUT2D eigenvalue weighted by atomic mass is 35.5. The molecular formula is C18H12ClN. The summed E-state index contributed by atoms with van der Waals surface area (Å²) in [6.45, 7) is 0. The van der Waals surface area contributed by atoms with Crippen LogP contribution in [0.4, 0.5) is 0 Å². The van der Waals surface area contributed by atoms with Gasteiger partial charge in [-0.2, -0.15) is 0 Å². The summed E-state index contributed by atoms with van der Waals surface area (Å²) in [5.74, 6) is 0. The number of para-hydroxylation sites is 1. The van der Waals surface area contributed by atoms with Crippen LogP contribution in [0.15, 0.2) is 72.9 Å². The van der Waals surface area contributed by atoms with E-state index in [-0.39, 0.29) is 0 Å². The lowest BCUT2D eigenvalue weighted by molar-refractivity contribution is 1.27. The summed E-state index contributed by atoms with van der Waals surface area (Å²) >= 11 is 6.13. The lowest BCUT2D eigenvalue weighted by Crippen LogP contribution is -1.90. The number of nitrogens with zero attached hydrogens (tertiary/aromatic N) is 1. The van der Waals surface area contributed by atoms with Crippen LogP contribution >= 0.6 is 11.6 Å². The minimum absolute atomic E-state index is 0.764. The fourth-order valence-electron chi connectivity index (χ4n) is 2.76. The first kappa shape index (κ1) is 11.6. The standard InChI is InChI=1S/C18H12ClN/c19-15-7-3-6-13(11-15)16-12-14-5-1-2-8-17(14)20-10-4-9-18(16)20/h1-12H. The van der Waals surface area contributed by atoms with Crippen LogP contribution in [0.1, 0.15) is 0 Å². The maximum Gasteiger partial charge on any atom is 0.0534 e. The first-order chi connectivity index (χ1) is 9.83. The predicted molar refractivity (Wildman–Crippen MR) is 85.3 cm³/mol. The third-order valence-electron chi connectivity index (χ3n) is 3.66. The Morgan fingerprint density at radius 2 is 1.60 bits per heavy atom. The Morgan fingerprint density at radius 3 is 2.50 bits per heavy atom. The molecule has 96 valence electrons. The number of benzene rings is 2. The van der Waals surface area contributed by atoms with Gasteiger partial charge in [-0.15, -0.1) is 0 Å². The van der Waals surface area contributed by atoms with Crippen LogP contribution in [0.25, 0.3) is 27.5 Å². The van der Waals surface area contributed by atoms with E-state index in [4.69, 9.17) is 11.6 Å². The third-order valence-corrected chi connectivity index (χ3v) is 3.89. The van der Waals surface area contributed by atoms with Gasteiger partial charge in [-0.1, -0.05) is 41.9 Å². The van der Waals surface area contributed by atoms with Crippen molar-refractivity contribution < 1.29 is 0 Å². The number of halogens is 1. The molecule has 0 unspecified atom stereocenters. The van der Waals surface area contributed by atoms with E-state index < -0.39 is 0 Å². The maximum absolute atomic E-state index is 6.13. The van der Waals surface area contributed by atoms with E-state index in [1.54, 1.807) is 0 Å². The van der Waals surface area contributed by atoms with E-state index in [0.717, 1.165) is 10.6 Å². The molecule has 2 aromatic carbocycles. The molecule has 0 saturated heterocycles. The minimum Gasteiger partial charge on any atom is -0.316 e. The zero-order chi connectivity index (χ0) is 13.5. The summed E-state index contributed by atoms with van der Waals surface area (Å²) in [6.07, 6.45) is 2.10. The van der Waals surface area contributed by atoms with Crippen LogP contribution < -0.4 is 0 Å². The molecule has 0 atom stereocenters. The highest BCUT2D eigenvalue weighted by molar-refractivity contribution is 6.30. The zero-order valence-corrected chi connectivity index (χ0v) is 11.5. The van der Waals surface area contributed by atoms with Gasteiger partial charge in [-0.05, 0) is 47.3 Å². The Morgan fingerprint density at radius 1 is 0.750 bits per heavy atom. The average Bonchev–Trinajstić information content (AvgIpc) is 2.96. The molecule has 4 aromatic rings. The van der Waals surface area contributed by atoms with Crippen molar-refractivity contribution in [2.45, 2.75) is 0 Å². The fourth-order valence-corrected chi connectivity index (χ4v) is 2.95. The Hall–Kier alpha value is -2.25. The Labute approximate surface area is 122 Å². The van der Waals surface area contributed by atoms with Crippen molar-refractivity contribution >= 4 is 28.0 Å².